The summed E-state index contributed by atoms with van der Waals surface area (Å²) in [5.41, 5.74) is 0. The van der Waals surface area contributed by atoms with Crippen LogP contribution in [0.3, 0.4) is 0 Å². The van der Waals surface area contributed by atoms with Crippen molar-refractivity contribution < 1.29 is 9.59 Å². The van der Waals surface area contributed by atoms with Gasteiger partial charge in [0.1, 0.15) is 0 Å². The predicted octanol–water partition coefficient (Wildman–Crippen LogP) is -0.323. The molecule has 1 N–H and O–H groups in total. The molecule has 2 saturated heterocycles. The van der Waals surface area contributed by atoms with Crippen LogP contribution < -0.4 is 5.32 Å². The summed E-state index contributed by atoms with van der Waals surface area (Å²) in [5, 5.41) is 2.33. The third kappa shape index (κ3) is 3.51. The summed E-state index contributed by atoms with van der Waals surface area (Å²) in [6, 6.07) is 0. The van der Waals surface area contributed by atoms with Crippen LogP contribution in [0.5, 0.6) is 0 Å². The number of amides is 2. The lowest BCUT2D eigenvalue weighted by Gasteiger charge is -2.34. The largest absolute Gasteiger partial charge is 0.304 e. The normalized spacial score (nSPS) is 25.0. The monoisotopic (exact) mass is 239 g/mol. The maximum absolute atomic E-state index is 11.2. The third-order valence-corrected chi connectivity index (χ3v) is 3.68. The first-order valence-electron chi connectivity index (χ1n) is 6.44. The van der Waals surface area contributed by atoms with E-state index in [9.17, 15) is 9.59 Å². The predicted molar refractivity (Wildman–Crippen MR) is 64.4 cm³/mol. The molecule has 2 aliphatic heterocycles. The second-order valence-electron chi connectivity index (χ2n) is 5.02. The van der Waals surface area contributed by atoms with Crippen LogP contribution in [0.4, 0.5) is 0 Å². The van der Waals surface area contributed by atoms with Gasteiger partial charge < -0.3 is 4.90 Å². The smallest absolute Gasteiger partial charge is 0.240 e. The van der Waals surface area contributed by atoms with Gasteiger partial charge in [0.25, 0.3) is 0 Å². The number of piperidine rings is 1. The third-order valence-electron chi connectivity index (χ3n) is 3.68. The van der Waals surface area contributed by atoms with E-state index in [-0.39, 0.29) is 11.8 Å². The summed E-state index contributed by atoms with van der Waals surface area (Å²) < 4.78 is 0. The van der Waals surface area contributed by atoms with Gasteiger partial charge in [0, 0.05) is 6.54 Å². The molecule has 2 amide bonds. The Bertz CT molecular complexity index is 282. The zero-order valence-corrected chi connectivity index (χ0v) is 10.4. The maximum Gasteiger partial charge on any atom is 0.240 e. The molecule has 0 bridgehead atoms. The van der Waals surface area contributed by atoms with Crippen molar-refractivity contribution >= 4 is 11.8 Å². The zero-order valence-electron chi connectivity index (χ0n) is 10.4. The molecule has 5 heteroatoms. The number of rotatable bonds is 3. The minimum atomic E-state index is -0.160. The fourth-order valence-electron chi connectivity index (χ4n) is 2.68. The zero-order chi connectivity index (χ0) is 12.3. The van der Waals surface area contributed by atoms with Gasteiger partial charge in [0.05, 0.1) is 13.1 Å². The van der Waals surface area contributed by atoms with E-state index in [4.69, 9.17) is 0 Å². The van der Waals surface area contributed by atoms with Gasteiger partial charge in [-0.25, -0.2) is 0 Å². The van der Waals surface area contributed by atoms with Crippen LogP contribution in [-0.4, -0.2) is 60.9 Å². The molecule has 96 valence electrons. The van der Waals surface area contributed by atoms with Crippen molar-refractivity contribution in [2.24, 2.45) is 5.92 Å². The highest BCUT2D eigenvalue weighted by atomic mass is 16.2. The highest BCUT2D eigenvalue weighted by Crippen LogP contribution is 2.18. The number of likely N-dealkylation sites (tertiary alicyclic amines) is 1. The molecule has 17 heavy (non-hydrogen) atoms. The van der Waals surface area contributed by atoms with Crippen molar-refractivity contribution in [3.05, 3.63) is 0 Å². The summed E-state index contributed by atoms with van der Waals surface area (Å²) in [7, 11) is 0. The standard InChI is InChI=1S/C12H21N3O2/c1-2-14-5-3-10(4-6-14)7-15-8-11(16)13-12(17)9-15/h10H,2-9H2,1H3,(H,13,16,17). The maximum atomic E-state index is 11.2. The van der Waals surface area contributed by atoms with Gasteiger partial charge >= 0.3 is 0 Å². The summed E-state index contributed by atoms with van der Waals surface area (Å²) in [6.45, 7) is 7.24. The average molecular weight is 239 g/mol. The van der Waals surface area contributed by atoms with Crippen LogP contribution in [0.15, 0.2) is 0 Å². The lowest BCUT2D eigenvalue weighted by atomic mass is 9.96. The quantitative estimate of drug-likeness (QED) is 0.686. The van der Waals surface area contributed by atoms with E-state index in [1.165, 1.54) is 12.8 Å². The molecule has 2 heterocycles. The number of imide groups is 1. The minimum absolute atomic E-state index is 0.160. The van der Waals surface area contributed by atoms with E-state index < -0.39 is 0 Å². The Labute approximate surface area is 102 Å². The molecule has 2 rings (SSSR count). The summed E-state index contributed by atoms with van der Waals surface area (Å²) in [5.74, 6) is 0.316. The van der Waals surface area contributed by atoms with E-state index in [2.05, 4.69) is 17.1 Å². The van der Waals surface area contributed by atoms with Crippen LogP contribution >= 0.6 is 0 Å². The van der Waals surface area contributed by atoms with E-state index >= 15 is 0 Å². The Morgan fingerprint density at radius 3 is 2.24 bits per heavy atom. The van der Waals surface area contributed by atoms with Crippen LogP contribution in [-0.2, 0) is 9.59 Å². The van der Waals surface area contributed by atoms with Crippen LogP contribution in [0.2, 0.25) is 0 Å². The Morgan fingerprint density at radius 2 is 1.71 bits per heavy atom. The topological polar surface area (TPSA) is 52.6 Å². The number of hydrogen-bond acceptors (Lipinski definition) is 4. The summed E-state index contributed by atoms with van der Waals surface area (Å²) >= 11 is 0. The first-order valence-corrected chi connectivity index (χ1v) is 6.44. The molecule has 0 atom stereocenters. The first kappa shape index (κ1) is 12.5. The molecule has 0 spiro atoms. The average Bonchev–Trinajstić information content (AvgIpc) is 2.28. The van der Waals surface area contributed by atoms with Crippen molar-refractivity contribution in [2.45, 2.75) is 19.8 Å². The molecule has 0 aromatic rings. The van der Waals surface area contributed by atoms with E-state index in [1.807, 2.05) is 4.90 Å². The molecule has 0 radical (unpaired) electrons. The van der Waals surface area contributed by atoms with Crippen molar-refractivity contribution in [1.29, 1.82) is 0 Å². The van der Waals surface area contributed by atoms with Crippen molar-refractivity contribution in [1.82, 2.24) is 15.1 Å². The molecule has 0 aromatic heterocycles. The van der Waals surface area contributed by atoms with E-state index in [0.29, 0.717) is 19.0 Å². The van der Waals surface area contributed by atoms with Gasteiger partial charge in [0.2, 0.25) is 11.8 Å². The fraction of sp³-hybridized carbons (Fsp3) is 0.833. The second kappa shape index (κ2) is 5.60. The van der Waals surface area contributed by atoms with E-state index in [0.717, 1.165) is 26.2 Å². The first-order chi connectivity index (χ1) is 8.17. The minimum Gasteiger partial charge on any atom is -0.304 e. The van der Waals surface area contributed by atoms with Gasteiger partial charge in [-0.1, -0.05) is 6.92 Å². The molecular formula is C12H21N3O2. The van der Waals surface area contributed by atoms with Gasteiger partial charge in [-0.15, -0.1) is 0 Å². The van der Waals surface area contributed by atoms with Gasteiger partial charge in [-0.3, -0.25) is 19.8 Å². The number of nitrogens with one attached hydrogen (secondary N) is 1. The van der Waals surface area contributed by atoms with Crippen LogP contribution in [0, 0.1) is 5.92 Å². The van der Waals surface area contributed by atoms with E-state index in [1.54, 1.807) is 0 Å². The number of nitrogens with zero attached hydrogens (tertiary/aromatic N) is 2. The van der Waals surface area contributed by atoms with Crippen molar-refractivity contribution in [2.75, 3.05) is 39.3 Å². The van der Waals surface area contributed by atoms with Crippen molar-refractivity contribution in [3.63, 3.8) is 0 Å². The molecule has 0 aromatic carbocycles. The van der Waals surface area contributed by atoms with Gasteiger partial charge in [-0.05, 0) is 38.4 Å². The SMILES string of the molecule is CCN1CCC(CN2CC(=O)NC(=O)C2)CC1. The van der Waals surface area contributed by atoms with Crippen molar-refractivity contribution in [3.8, 4) is 0 Å². The van der Waals surface area contributed by atoms with Crippen LogP contribution in [0.1, 0.15) is 19.8 Å². The summed E-state index contributed by atoms with van der Waals surface area (Å²) in [4.78, 5) is 26.9. The highest BCUT2D eigenvalue weighted by Gasteiger charge is 2.26. The summed E-state index contributed by atoms with van der Waals surface area (Å²) in [6.07, 6.45) is 2.36. The van der Waals surface area contributed by atoms with Crippen LogP contribution in [0.25, 0.3) is 0 Å². The Morgan fingerprint density at radius 1 is 1.12 bits per heavy atom. The Balaban J connectivity index is 1.77. The molecule has 0 aliphatic carbocycles. The molecular weight excluding hydrogens is 218 g/mol. The van der Waals surface area contributed by atoms with Gasteiger partial charge in [-0.2, -0.15) is 0 Å². The molecule has 5 nitrogen and oxygen atoms in total. The Hall–Kier alpha value is -0.940. The number of piperazine rings is 1. The Kier molecular flexibility index (Phi) is 4.12. The molecule has 2 fully saturated rings. The molecule has 2 aliphatic rings. The lowest BCUT2D eigenvalue weighted by molar-refractivity contribution is -0.136. The highest BCUT2D eigenvalue weighted by molar-refractivity contribution is 5.99. The van der Waals surface area contributed by atoms with Gasteiger partial charge in [0.15, 0.2) is 0 Å². The fourth-order valence-corrected chi connectivity index (χ4v) is 2.68. The lowest BCUT2D eigenvalue weighted by Crippen LogP contribution is -2.53. The molecule has 0 saturated carbocycles. The second-order valence-corrected chi connectivity index (χ2v) is 5.02. The number of carbonyl (C=O) groups is 2. The number of hydrogen-bond donors (Lipinski definition) is 1. The molecule has 0 unspecified atom stereocenters. The number of carbonyl (C=O) groups excluding carboxylic acids is 2.